The predicted octanol–water partition coefficient (Wildman–Crippen LogP) is 0.180. The molecule has 0 saturated carbocycles. The summed E-state index contributed by atoms with van der Waals surface area (Å²) in [6.07, 6.45) is 10.7. The first-order valence-corrected chi connectivity index (χ1v) is 2.63. The highest BCUT2D eigenvalue weighted by Crippen LogP contribution is 2.00. The van der Waals surface area contributed by atoms with E-state index in [1.807, 2.05) is 6.07 Å². The van der Waals surface area contributed by atoms with Crippen LogP contribution in [-0.4, -0.2) is 9.97 Å². The SMILES string of the molecule is C#C.N#Cc1cncnc1N. The highest BCUT2D eigenvalue weighted by molar-refractivity contribution is 5.45. The van der Waals surface area contributed by atoms with Gasteiger partial charge >= 0.3 is 0 Å². The molecule has 1 rings (SSSR count). The van der Waals surface area contributed by atoms with E-state index in [1.54, 1.807) is 0 Å². The number of hydrogen-bond acceptors (Lipinski definition) is 4. The quantitative estimate of drug-likeness (QED) is 0.530. The minimum atomic E-state index is 0.229. The second-order valence-corrected chi connectivity index (χ2v) is 1.43. The van der Waals surface area contributed by atoms with Crippen LogP contribution in [0.3, 0.4) is 0 Å². The van der Waals surface area contributed by atoms with E-state index in [0.29, 0.717) is 5.56 Å². The summed E-state index contributed by atoms with van der Waals surface area (Å²) in [5.74, 6) is 0.229. The summed E-state index contributed by atoms with van der Waals surface area (Å²) >= 11 is 0. The molecule has 0 fully saturated rings. The molecule has 0 aliphatic carbocycles. The highest BCUT2D eigenvalue weighted by atomic mass is 14.9. The molecule has 11 heavy (non-hydrogen) atoms. The average molecular weight is 146 g/mol. The maximum atomic E-state index is 8.31. The van der Waals surface area contributed by atoms with E-state index in [9.17, 15) is 0 Å². The van der Waals surface area contributed by atoms with Gasteiger partial charge in [0.15, 0.2) is 0 Å². The molecule has 0 radical (unpaired) electrons. The Morgan fingerprint density at radius 1 is 1.55 bits per heavy atom. The molecule has 0 aliphatic heterocycles. The Hall–Kier alpha value is -2.07. The summed E-state index contributed by atoms with van der Waals surface area (Å²) in [5.41, 5.74) is 5.57. The maximum Gasteiger partial charge on any atom is 0.144 e. The molecule has 4 nitrogen and oxygen atoms in total. The van der Waals surface area contributed by atoms with Gasteiger partial charge in [-0.15, -0.1) is 12.8 Å². The van der Waals surface area contributed by atoms with Crippen LogP contribution >= 0.6 is 0 Å². The molecule has 1 aromatic heterocycles. The summed E-state index contributed by atoms with van der Waals surface area (Å²) < 4.78 is 0. The molecule has 0 bridgehead atoms. The van der Waals surface area contributed by atoms with Crippen LogP contribution in [0.15, 0.2) is 12.5 Å². The van der Waals surface area contributed by atoms with Gasteiger partial charge < -0.3 is 5.73 Å². The molecule has 1 heterocycles. The zero-order valence-electron chi connectivity index (χ0n) is 5.73. The van der Waals surface area contributed by atoms with Gasteiger partial charge in [0.25, 0.3) is 0 Å². The number of anilines is 1. The standard InChI is InChI=1S/C5H4N4.C2H2/c6-1-4-2-8-3-9-5(4)7;1-2/h2-3H,(H2,7,8,9);1-2H. The fraction of sp³-hybridized carbons (Fsp3) is 0. The molecule has 4 heteroatoms. The van der Waals surface area contributed by atoms with Crippen molar-refractivity contribution in [2.24, 2.45) is 0 Å². The van der Waals surface area contributed by atoms with Gasteiger partial charge in [-0.05, 0) is 0 Å². The van der Waals surface area contributed by atoms with E-state index in [1.165, 1.54) is 12.5 Å². The van der Waals surface area contributed by atoms with E-state index in [0.717, 1.165) is 0 Å². The van der Waals surface area contributed by atoms with E-state index in [4.69, 9.17) is 11.0 Å². The summed E-state index contributed by atoms with van der Waals surface area (Å²) in [6.45, 7) is 0. The Kier molecular flexibility index (Phi) is 3.88. The Morgan fingerprint density at radius 2 is 2.18 bits per heavy atom. The van der Waals surface area contributed by atoms with Crippen LogP contribution in [-0.2, 0) is 0 Å². The molecular formula is C7H6N4. The van der Waals surface area contributed by atoms with Crippen molar-refractivity contribution in [3.05, 3.63) is 18.1 Å². The monoisotopic (exact) mass is 146 g/mol. The van der Waals surface area contributed by atoms with E-state index >= 15 is 0 Å². The average Bonchev–Trinajstić information content (AvgIpc) is 2.09. The minimum Gasteiger partial charge on any atom is -0.382 e. The van der Waals surface area contributed by atoms with Crippen molar-refractivity contribution >= 4 is 5.82 Å². The third-order valence-electron chi connectivity index (χ3n) is 0.864. The van der Waals surface area contributed by atoms with Crippen molar-refractivity contribution in [3.8, 4) is 18.9 Å². The summed E-state index contributed by atoms with van der Waals surface area (Å²) in [7, 11) is 0. The molecule has 0 saturated heterocycles. The van der Waals surface area contributed by atoms with E-state index in [-0.39, 0.29) is 5.82 Å². The van der Waals surface area contributed by atoms with Gasteiger partial charge in [0.05, 0.1) is 6.20 Å². The van der Waals surface area contributed by atoms with Crippen molar-refractivity contribution in [2.75, 3.05) is 5.73 Å². The fourth-order valence-corrected chi connectivity index (χ4v) is 0.425. The number of terminal acetylenes is 1. The molecule has 0 aromatic carbocycles. The van der Waals surface area contributed by atoms with Gasteiger partial charge in [0.1, 0.15) is 23.8 Å². The van der Waals surface area contributed by atoms with Crippen molar-refractivity contribution in [1.29, 1.82) is 5.26 Å². The molecule has 0 spiro atoms. The third-order valence-corrected chi connectivity index (χ3v) is 0.864. The third kappa shape index (κ3) is 2.33. The number of hydrogen-bond donors (Lipinski definition) is 1. The second kappa shape index (κ2) is 4.78. The Bertz CT molecular complexity index is 284. The predicted molar refractivity (Wildman–Crippen MR) is 41.0 cm³/mol. The topological polar surface area (TPSA) is 75.6 Å². The van der Waals surface area contributed by atoms with Crippen LogP contribution in [0.1, 0.15) is 5.56 Å². The molecule has 0 atom stereocenters. The lowest BCUT2D eigenvalue weighted by Gasteiger charge is -1.89. The van der Waals surface area contributed by atoms with Gasteiger partial charge in [-0.1, -0.05) is 0 Å². The highest BCUT2D eigenvalue weighted by Gasteiger charge is 1.93. The van der Waals surface area contributed by atoms with Crippen LogP contribution in [0.2, 0.25) is 0 Å². The largest absolute Gasteiger partial charge is 0.382 e. The molecular weight excluding hydrogens is 140 g/mol. The first kappa shape index (κ1) is 8.93. The zero-order valence-corrected chi connectivity index (χ0v) is 5.73. The lowest BCUT2D eigenvalue weighted by atomic mass is 10.3. The number of aromatic nitrogens is 2. The minimum absolute atomic E-state index is 0.229. The first-order valence-electron chi connectivity index (χ1n) is 2.63. The van der Waals surface area contributed by atoms with Gasteiger partial charge in [0.2, 0.25) is 0 Å². The van der Waals surface area contributed by atoms with Gasteiger partial charge in [-0.2, -0.15) is 5.26 Å². The fourth-order valence-electron chi connectivity index (χ4n) is 0.425. The van der Waals surface area contributed by atoms with Crippen molar-refractivity contribution in [3.63, 3.8) is 0 Å². The Morgan fingerprint density at radius 3 is 2.55 bits per heavy atom. The lowest BCUT2D eigenvalue weighted by Crippen LogP contribution is -1.93. The number of nitriles is 1. The van der Waals surface area contributed by atoms with Crippen LogP contribution < -0.4 is 5.73 Å². The van der Waals surface area contributed by atoms with Crippen molar-refractivity contribution in [2.45, 2.75) is 0 Å². The Balaban J connectivity index is 0.000000461. The van der Waals surface area contributed by atoms with Gasteiger partial charge in [0, 0.05) is 0 Å². The molecule has 0 unspecified atom stereocenters. The Labute approximate surface area is 64.7 Å². The first-order chi connectivity index (χ1) is 5.34. The number of nitrogens with two attached hydrogens (primary N) is 1. The zero-order chi connectivity index (χ0) is 8.69. The molecule has 54 valence electrons. The van der Waals surface area contributed by atoms with E-state index < -0.39 is 0 Å². The van der Waals surface area contributed by atoms with Crippen LogP contribution in [0, 0.1) is 24.2 Å². The summed E-state index contributed by atoms with van der Waals surface area (Å²) in [4.78, 5) is 7.20. The van der Waals surface area contributed by atoms with Crippen LogP contribution in [0.25, 0.3) is 0 Å². The summed E-state index contributed by atoms with van der Waals surface area (Å²) in [5, 5.41) is 8.31. The number of nitrogens with zero attached hydrogens (tertiary/aromatic N) is 3. The molecule has 2 N–H and O–H groups in total. The number of rotatable bonds is 0. The number of nitrogen functional groups attached to an aromatic ring is 1. The van der Waals surface area contributed by atoms with Crippen LogP contribution in [0.4, 0.5) is 5.82 Å². The maximum absolute atomic E-state index is 8.31. The molecule has 1 aromatic rings. The molecule has 0 amide bonds. The normalized spacial score (nSPS) is 7.00. The van der Waals surface area contributed by atoms with Crippen molar-refractivity contribution in [1.82, 2.24) is 9.97 Å². The van der Waals surface area contributed by atoms with Gasteiger partial charge in [-0.25, -0.2) is 9.97 Å². The molecule has 0 aliphatic rings. The van der Waals surface area contributed by atoms with Gasteiger partial charge in [-0.3, -0.25) is 0 Å². The smallest absolute Gasteiger partial charge is 0.144 e. The van der Waals surface area contributed by atoms with E-state index in [2.05, 4.69) is 22.8 Å². The van der Waals surface area contributed by atoms with Crippen molar-refractivity contribution < 1.29 is 0 Å². The lowest BCUT2D eigenvalue weighted by molar-refractivity contribution is 1.16. The second-order valence-electron chi connectivity index (χ2n) is 1.43. The summed E-state index contributed by atoms with van der Waals surface area (Å²) in [6, 6.07) is 1.85. The van der Waals surface area contributed by atoms with Crippen LogP contribution in [0.5, 0.6) is 0 Å².